The summed E-state index contributed by atoms with van der Waals surface area (Å²) in [4.78, 5) is 44.4. The Morgan fingerprint density at radius 1 is 1.13 bits per heavy atom. The van der Waals surface area contributed by atoms with Gasteiger partial charge in [-0.3, -0.25) is 14.2 Å². The van der Waals surface area contributed by atoms with E-state index in [0.717, 1.165) is 15.0 Å². The summed E-state index contributed by atoms with van der Waals surface area (Å²) < 4.78 is 4.14. The average molecular weight is 438 g/mol. The summed E-state index contributed by atoms with van der Waals surface area (Å²) in [5, 5.41) is 4.80. The summed E-state index contributed by atoms with van der Waals surface area (Å²) in [6.07, 6.45) is 1.55. The zero-order valence-electron chi connectivity index (χ0n) is 17.3. The first-order chi connectivity index (χ1) is 15.0. The maximum absolute atomic E-state index is 13.3. The quantitative estimate of drug-likeness (QED) is 0.481. The van der Waals surface area contributed by atoms with Crippen LogP contribution >= 0.6 is 11.3 Å². The summed E-state index contributed by atoms with van der Waals surface area (Å²) in [5.74, 6) is -0.395. The van der Waals surface area contributed by atoms with Crippen molar-refractivity contribution in [1.82, 2.24) is 24.0 Å². The maximum Gasteiger partial charge on any atom is 0.333 e. The van der Waals surface area contributed by atoms with Crippen molar-refractivity contribution in [3.63, 3.8) is 0 Å². The third kappa shape index (κ3) is 4.09. The predicted octanol–water partition coefficient (Wildman–Crippen LogP) is 2.37. The molecule has 9 heteroatoms. The standard InChI is InChI=1S/C22H23N5O3S/c1-3-25-14-23-20-19(25)21(29)27(13-18(28)24-15(2)17-10-7-11-31-17)22(30)26(20)12-16-8-5-4-6-9-16/h4-11,14-15H,3,12-13H2,1-2H3,(H,24,28)/t15-/m1/s1. The molecule has 3 heterocycles. The second kappa shape index (κ2) is 8.73. The van der Waals surface area contributed by atoms with Crippen LogP contribution in [0.5, 0.6) is 0 Å². The molecule has 0 unspecified atom stereocenters. The molecule has 3 aromatic heterocycles. The minimum Gasteiger partial charge on any atom is -0.347 e. The van der Waals surface area contributed by atoms with E-state index in [2.05, 4.69) is 10.3 Å². The number of hydrogen-bond donors (Lipinski definition) is 1. The molecule has 8 nitrogen and oxygen atoms in total. The number of hydrogen-bond acceptors (Lipinski definition) is 5. The number of carbonyl (C=O) groups excluding carboxylic acids is 1. The van der Waals surface area contributed by atoms with Crippen LogP contribution in [0.4, 0.5) is 0 Å². The molecule has 4 rings (SSSR count). The molecule has 1 aromatic carbocycles. The van der Waals surface area contributed by atoms with Gasteiger partial charge in [0, 0.05) is 11.4 Å². The summed E-state index contributed by atoms with van der Waals surface area (Å²) in [7, 11) is 0. The Morgan fingerprint density at radius 2 is 1.90 bits per heavy atom. The van der Waals surface area contributed by atoms with E-state index in [4.69, 9.17) is 0 Å². The zero-order valence-corrected chi connectivity index (χ0v) is 18.1. The van der Waals surface area contributed by atoms with Crippen LogP contribution in [0.2, 0.25) is 0 Å². The minimum atomic E-state index is -0.554. The zero-order chi connectivity index (χ0) is 22.0. The highest BCUT2D eigenvalue weighted by Gasteiger charge is 2.20. The molecule has 1 atom stereocenters. The monoisotopic (exact) mass is 437 g/mol. The van der Waals surface area contributed by atoms with Gasteiger partial charge in [0.15, 0.2) is 11.2 Å². The van der Waals surface area contributed by atoms with Crippen LogP contribution in [0.25, 0.3) is 11.2 Å². The Morgan fingerprint density at radius 3 is 2.58 bits per heavy atom. The van der Waals surface area contributed by atoms with E-state index in [1.165, 1.54) is 15.9 Å². The van der Waals surface area contributed by atoms with Crippen molar-refractivity contribution >= 4 is 28.4 Å². The molecule has 0 aliphatic carbocycles. The second-order valence-electron chi connectivity index (χ2n) is 7.25. The van der Waals surface area contributed by atoms with Gasteiger partial charge in [0.2, 0.25) is 5.91 Å². The van der Waals surface area contributed by atoms with Crippen LogP contribution < -0.4 is 16.6 Å². The van der Waals surface area contributed by atoms with Gasteiger partial charge in [0.25, 0.3) is 5.56 Å². The van der Waals surface area contributed by atoms with Crippen LogP contribution in [-0.4, -0.2) is 24.6 Å². The van der Waals surface area contributed by atoms with Crippen molar-refractivity contribution in [3.05, 3.63) is 85.5 Å². The SMILES string of the molecule is CCn1cnc2c1c(=O)n(CC(=O)N[C@H](C)c1cccs1)c(=O)n2Cc1ccccc1. The number of carbonyl (C=O) groups is 1. The lowest BCUT2D eigenvalue weighted by molar-refractivity contribution is -0.122. The molecule has 4 aromatic rings. The van der Waals surface area contributed by atoms with E-state index in [1.54, 1.807) is 10.9 Å². The highest BCUT2D eigenvalue weighted by molar-refractivity contribution is 7.10. The Kier molecular flexibility index (Phi) is 5.85. The molecule has 0 bridgehead atoms. The molecular formula is C22H23N5O3S. The molecule has 0 saturated carbocycles. The molecule has 0 radical (unpaired) electrons. The topological polar surface area (TPSA) is 90.9 Å². The van der Waals surface area contributed by atoms with Crippen molar-refractivity contribution in [3.8, 4) is 0 Å². The van der Waals surface area contributed by atoms with Crippen LogP contribution in [0.1, 0.15) is 30.3 Å². The largest absolute Gasteiger partial charge is 0.347 e. The van der Waals surface area contributed by atoms with Crippen LogP contribution in [-0.2, 0) is 24.4 Å². The Hall–Kier alpha value is -3.46. The number of amides is 1. The summed E-state index contributed by atoms with van der Waals surface area (Å²) in [6, 6.07) is 13.1. The lowest BCUT2D eigenvalue weighted by Crippen LogP contribution is -2.44. The van der Waals surface area contributed by atoms with Crippen LogP contribution in [0.15, 0.2) is 63.8 Å². The van der Waals surface area contributed by atoms with E-state index < -0.39 is 17.2 Å². The fraction of sp³-hybridized carbons (Fsp3) is 0.273. The molecule has 0 spiro atoms. The van der Waals surface area contributed by atoms with Gasteiger partial charge in [-0.2, -0.15) is 0 Å². The number of nitrogens with one attached hydrogen (secondary N) is 1. The highest BCUT2D eigenvalue weighted by atomic mass is 32.1. The molecule has 160 valence electrons. The van der Waals surface area contributed by atoms with Gasteiger partial charge in [-0.05, 0) is 30.9 Å². The van der Waals surface area contributed by atoms with Crippen molar-refractivity contribution in [2.24, 2.45) is 0 Å². The molecule has 31 heavy (non-hydrogen) atoms. The number of aromatic nitrogens is 4. The molecule has 1 N–H and O–H groups in total. The van der Waals surface area contributed by atoms with E-state index in [9.17, 15) is 14.4 Å². The Balaban J connectivity index is 1.75. The number of fused-ring (bicyclic) bond motifs is 1. The molecule has 1 amide bonds. The number of rotatable bonds is 7. The van der Waals surface area contributed by atoms with Crippen molar-refractivity contribution in [2.45, 2.75) is 39.5 Å². The third-order valence-electron chi connectivity index (χ3n) is 5.16. The molecular weight excluding hydrogens is 414 g/mol. The number of aryl methyl sites for hydroxylation is 1. The predicted molar refractivity (Wildman–Crippen MR) is 120 cm³/mol. The Labute approximate surface area is 182 Å². The lowest BCUT2D eigenvalue weighted by atomic mass is 10.2. The molecule has 0 fully saturated rings. The average Bonchev–Trinajstić information content (AvgIpc) is 3.45. The lowest BCUT2D eigenvalue weighted by Gasteiger charge is -2.15. The van der Waals surface area contributed by atoms with Crippen LogP contribution in [0.3, 0.4) is 0 Å². The number of nitrogens with zero attached hydrogens (tertiary/aromatic N) is 4. The molecule has 0 aliphatic rings. The highest BCUT2D eigenvalue weighted by Crippen LogP contribution is 2.18. The third-order valence-corrected chi connectivity index (χ3v) is 6.21. The molecule has 0 saturated heterocycles. The van der Waals surface area contributed by atoms with Gasteiger partial charge in [0.1, 0.15) is 6.54 Å². The summed E-state index contributed by atoms with van der Waals surface area (Å²) in [5.41, 5.74) is 0.476. The van der Waals surface area contributed by atoms with E-state index in [0.29, 0.717) is 17.7 Å². The maximum atomic E-state index is 13.3. The number of imidazole rings is 1. The van der Waals surface area contributed by atoms with E-state index >= 15 is 0 Å². The van der Waals surface area contributed by atoms with Gasteiger partial charge >= 0.3 is 5.69 Å². The van der Waals surface area contributed by atoms with E-state index in [-0.39, 0.29) is 19.1 Å². The fourth-order valence-corrected chi connectivity index (χ4v) is 4.30. The first-order valence-electron chi connectivity index (χ1n) is 10.0. The summed E-state index contributed by atoms with van der Waals surface area (Å²) >= 11 is 1.54. The first kappa shape index (κ1) is 20.8. The van der Waals surface area contributed by atoms with Gasteiger partial charge in [0.05, 0.1) is 18.9 Å². The number of thiophene rings is 1. The Bertz CT molecular complexity index is 1320. The summed E-state index contributed by atoms with van der Waals surface area (Å²) in [6.45, 7) is 4.19. The molecule has 0 aliphatic heterocycles. The smallest absolute Gasteiger partial charge is 0.333 e. The van der Waals surface area contributed by atoms with Crippen molar-refractivity contribution in [2.75, 3.05) is 0 Å². The van der Waals surface area contributed by atoms with Gasteiger partial charge in [-0.1, -0.05) is 36.4 Å². The van der Waals surface area contributed by atoms with Crippen molar-refractivity contribution < 1.29 is 4.79 Å². The van der Waals surface area contributed by atoms with Crippen molar-refractivity contribution in [1.29, 1.82) is 0 Å². The normalized spacial score (nSPS) is 12.2. The minimum absolute atomic E-state index is 0.209. The van der Waals surface area contributed by atoms with Gasteiger partial charge in [-0.25, -0.2) is 14.3 Å². The first-order valence-corrected chi connectivity index (χ1v) is 10.9. The van der Waals surface area contributed by atoms with Crippen LogP contribution in [0, 0.1) is 0 Å². The van der Waals surface area contributed by atoms with Gasteiger partial charge < -0.3 is 9.88 Å². The number of benzene rings is 1. The second-order valence-corrected chi connectivity index (χ2v) is 8.23. The van der Waals surface area contributed by atoms with E-state index in [1.807, 2.05) is 61.7 Å². The fourth-order valence-electron chi connectivity index (χ4n) is 3.57. The van der Waals surface area contributed by atoms with Gasteiger partial charge in [-0.15, -0.1) is 11.3 Å².